The summed E-state index contributed by atoms with van der Waals surface area (Å²) in [5, 5.41) is 16.4. The van der Waals surface area contributed by atoms with Crippen LogP contribution in [0.4, 0.5) is 0 Å². The highest BCUT2D eigenvalue weighted by Crippen LogP contribution is 2.27. The molecule has 106 valence electrons. The molecule has 0 bridgehead atoms. The van der Waals surface area contributed by atoms with Crippen LogP contribution >= 0.6 is 11.8 Å². The Kier molecular flexibility index (Phi) is 4.18. The summed E-state index contributed by atoms with van der Waals surface area (Å²) in [7, 11) is 0. The third kappa shape index (κ3) is 3.05. The van der Waals surface area contributed by atoms with Gasteiger partial charge in [0.25, 0.3) is 5.71 Å². The highest BCUT2D eigenvalue weighted by molar-refractivity contribution is 7.99. The number of thioether (sulfide) groups is 1. The number of amides is 1. The van der Waals surface area contributed by atoms with E-state index in [4.69, 9.17) is 9.63 Å². The summed E-state index contributed by atoms with van der Waals surface area (Å²) in [5.41, 5.74) is 0.987. The van der Waals surface area contributed by atoms with Gasteiger partial charge in [0.2, 0.25) is 5.91 Å². The summed E-state index contributed by atoms with van der Waals surface area (Å²) >= 11 is 1.20. The van der Waals surface area contributed by atoms with Crippen LogP contribution in [0.3, 0.4) is 0 Å². The van der Waals surface area contributed by atoms with Crippen LogP contribution in [-0.4, -0.2) is 43.9 Å². The molecular weight excluding hydrogens is 284 g/mol. The summed E-state index contributed by atoms with van der Waals surface area (Å²) in [6, 6.07) is -0.984. The zero-order valence-electron chi connectivity index (χ0n) is 10.8. The highest BCUT2D eigenvalue weighted by Gasteiger charge is 2.20. The average molecular weight is 296 g/mol. The van der Waals surface area contributed by atoms with E-state index in [1.807, 2.05) is 0 Å². The molecule has 0 saturated carbocycles. The van der Waals surface area contributed by atoms with Crippen molar-refractivity contribution < 1.29 is 19.2 Å². The van der Waals surface area contributed by atoms with Crippen molar-refractivity contribution in [3.63, 3.8) is 0 Å². The Morgan fingerprint density at radius 3 is 2.90 bits per heavy atom. The maximum absolute atomic E-state index is 11.0. The van der Waals surface area contributed by atoms with Gasteiger partial charge in [-0.3, -0.25) is 4.79 Å². The molecule has 0 spiro atoms. The molecule has 1 amide bonds. The lowest BCUT2D eigenvalue weighted by Gasteiger charge is -2.12. The van der Waals surface area contributed by atoms with Crippen LogP contribution in [0.2, 0.25) is 0 Å². The van der Waals surface area contributed by atoms with Crippen LogP contribution in [0.25, 0.3) is 11.1 Å². The number of fused-ring (bicyclic) bond motifs is 1. The molecule has 0 fully saturated rings. The molecule has 1 atom stereocenters. The van der Waals surface area contributed by atoms with Crippen LogP contribution in [0.5, 0.6) is 0 Å². The van der Waals surface area contributed by atoms with E-state index >= 15 is 0 Å². The molecule has 0 aromatic carbocycles. The quantitative estimate of drug-likeness (QED) is 0.608. The second-order valence-electron chi connectivity index (χ2n) is 4.03. The maximum atomic E-state index is 11.0. The number of carboxylic acid groups (broad SMARTS) is 1. The first-order valence-corrected chi connectivity index (χ1v) is 6.67. The van der Waals surface area contributed by atoms with Gasteiger partial charge < -0.3 is 14.9 Å². The lowest BCUT2D eigenvalue weighted by Crippen LogP contribution is -2.41. The number of hydrogen-bond acceptors (Lipinski definition) is 7. The summed E-state index contributed by atoms with van der Waals surface area (Å²) < 4.78 is 5.01. The van der Waals surface area contributed by atoms with Crippen molar-refractivity contribution in [2.45, 2.75) is 24.9 Å². The van der Waals surface area contributed by atoms with E-state index in [0.717, 1.165) is 0 Å². The topological polar surface area (TPSA) is 118 Å². The summed E-state index contributed by atoms with van der Waals surface area (Å²) in [5.74, 6) is -1.35. The first-order valence-electron chi connectivity index (χ1n) is 5.68. The van der Waals surface area contributed by atoms with E-state index in [1.54, 1.807) is 6.92 Å². The fourth-order valence-electron chi connectivity index (χ4n) is 1.58. The summed E-state index contributed by atoms with van der Waals surface area (Å²) in [6.45, 7) is 3.02. The third-order valence-corrected chi connectivity index (χ3v) is 3.55. The summed E-state index contributed by atoms with van der Waals surface area (Å²) in [4.78, 5) is 30.0. The van der Waals surface area contributed by atoms with E-state index in [1.165, 1.54) is 25.0 Å². The van der Waals surface area contributed by atoms with Gasteiger partial charge >= 0.3 is 5.97 Å². The van der Waals surface area contributed by atoms with E-state index in [9.17, 15) is 9.59 Å². The number of aliphatic carboxylic acids is 1. The Labute approximate surface area is 117 Å². The number of rotatable bonds is 5. The molecule has 2 aromatic rings. The second kappa shape index (κ2) is 5.87. The molecule has 0 aliphatic rings. The van der Waals surface area contributed by atoms with E-state index in [-0.39, 0.29) is 5.75 Å². The van der Waals surface area contributed by atoms with Gasteiger partial charge in [-0.2, -0.15) is 4.98 Å². The number of carboxylic acids is 1. The smallest absolute Gasteiger partial charge is 0.327 e. The van der Waals surface area contributed by atoms with Gasteiger partial charge in [0.15, 0.2) is 0 Å². The highest BCUT2D eigenvalue weighted by atomic mass is 32.2. The second-order valence-corrected chi connectivity index (χ2v) is 5.04. The molecule has 1 unspecified atom stereocenters. The molecule has 2 aromatic heterocycles. The lowest BCUT2D eigenvalue weighted by molar-refractivity contribution is -0.140. The summed E-state index contributed by atoms with van der Waals surface area (Å²) in [6.07, 6.45) is 1.32. The Hall–Kier alpha value is -2.16. The Bertz CT molecular complexity index is 657. The molecule has 2 rings (SSSR count). The minimum atomic E-state index is -1.10. The van der Waals surface area contributed by atoms with Crippen LogP contribution in [0.1, 0.15) is 12.6 Å². The maximum Gasteiger partial charge on any atom is 0.327 e. The SMILES string of the molecule is CC(=O)NC(CSc1ncnc2onc(C)c12)C(=O)O. The molecule has 2 N–H and O–H groups in total. The van der Waals surface area contributed by atoms with Crippen LogP contribution in [0, 0.1) is 6.92 Å². The van der Waals surface area contributed by atoms with Crippen molar-refractivity contribution in [1.82, 2.24) is 20.4 Å². The fourth-order valence-corrected chi connectivity index (χ4v) is 2.63. The first-order chi connectivity index (χ1) is 9.49. The number of aromatic nitrogens is 3. The zero-order valence-corrected chi connectivity index (χ0v) is 11.6. The van der Waals surface area contributed by atoms with E-state index < -0.39 is 17.9 Å². The predicted octanol–water partition coefficient (Wildman–Crippen LogP) is 0.608. The van der Waals surface area contributed by atoms with Gasteiger partial charge in [-0.1, -0.05) is 5.16 Å². The van der Waals surface area contributed by atoms with Crippen LogP contribution in [-0.2, 0) is 9.59 Å². The number of nitrogens with one attached hydrogen (secondary N) is 1. The van der Waals surface area contributed by atoms with E-state index in [0.29, 0.717) is 21.8 Å². The lowest BCUT2D eigenvalue weighted by atomic mass is 10.3. The largest absolute Gasteiger partial charge is 0.480 e. The monoisotopic (exact) mass is 296 g/mol. The van der Waals surface area contributed by atoms with E-state index in [2.05, 4.69) is 20.4 Å². The fraction of sp³-hybridized carbons (Fsp3) is 0.364. The zero-order chi connectivity index (χ0) is 14.7. The average Bonchev–Trinajstić information content (AvgIpc) is 2.76. The number of carbonyl (C=O) groups excluding carboxylic acids is 1. The Morgan fingerprint density at radius 2 is 2.25 bits per heavy atom. The van der Waals surface area contributed by atoms with Gasteiger partial charge in [0, 0.05) is 12.7 Å². The molecule has 0 saturated heterocycles. The van der Waals surface area contributed by atoms with Crippen molar-refractivity contribution in [3.05, 3.63) is 12.0 Å². The standard InChI is InChI=1S/C11H12N4O4S/c1-5-8-9(19-15-5)12-4-13-10(8)20-3-7(11(17)18)14-6(2)16/h4,7H,3H2,1-2H3,(H,14,16)(H,17,18). The predicted molar refractivity (Wildman–Crippen MR) is 70.3 cm³/mol. The minimum Gasteiger partial charge on any atom is -0.480 e. The molecule has 0 aliphatic carbocycles. The molecule has 9 heteroatoms. The minimum absolute atomic E-state index is 0.144. The van der Waals surface area contributed by atoms with Crippen molar-refractivity contribution >= 4 is 34.7 Å². The number of nitrogens with zero attached hydrogens (tertiary/aromatic N) is 3. The normalized spacial score (nSPS) is 12.3. The number of aryl methyl sites for hydroxylation is 1. The third-order valence-electron chi connectivity index (χ3n) is 2.47. The molecule has 8 nitrogen and oxygen atoms in total. The van der Waals surface area contributed by atoms with Gasteiger partial charge in [0.1, 0.15) is 17.4 Å². The van der Waals surface area contributed by atoms with Gasteiger partial charge in [-0.15, -0.1) is 11.8 Å². The molecule has 2 heterocycles. The van der Waals surface area contributed by atoms with Crippen molar-refractivity contribution in [2.24, 2.45) is 0 Å². The first kappa shape index (κ1) is 14.3. The number of hydrogen-bond donors (Lipinski definition) is 2. The molecular formula is C11H12N4O4S. The van der Waals surface area contributed by atoms with Crippen molar-refractivity contribution in [2.75, 3.05) is 5.75 Å². The van der Waals surface area contributed by atoms with Gasteiger partial charge in [-0.25, -0.2) is 9.78 Å². The molecule has 0 radical (unpaired) electrons. The van der Waals surface area contributed by atoms with Crippen LogP contribution in [0.15, 0.2) is 15.9 Å². The number of carbonyl (C=O) groups is 2. The van der Waals surface area contributed by atoms with Crippen molar-refractivity contribution in [3.8, 4) is 0 Å². The van der Waals surface area contributed by atoms with Gasteiger partial charge in [-0.05, 0) is 6.92 Å². The molecule has 20 heavy (non-hydrogen) atoms. The van der Waals surface area contributed by atoms with Crippen molar-refractivity contribution in [1.29, 1.82) is 0 Å². The van der Waals surface area contributed by atoms with Crippen LogP contribution < -0.4 is 5.32 Å². The Morgan fingerprint density at radius 1 is 1.50 bits per heavy atom. The Balaban J connectivity index is 2.17. The van der Waals surface area contributed by atoms with Gasteiger partial charge in [0.05, 0.1) is 11.1 Å². The molecule has 0 aliphatic heterocycles.